The number of esters is 1. The van der Waals surface area contributed by atoms with Gasteiger partial charge in [0.2, 0.25) is 6.10 Å². The zero-order valence-corrected chi connectivity index (χ0v) is 17.7. The number of ether oxygens (including phenoxy) is 1. The number of benzene rings is 3. The first-order valence-corrected chi connectivity index (χ1v) is 10.0. The van der Waals surface area contributed by atoms with Crippen molar-refractivity contribution in [1.82, 2.24) is 5.32 Å². The van der Waals surface area contributed by atoms with Gasteiger partial charge in [-0.3, -0.25) is 19.2 Å². The summed E-state index contributed by atoms with van der Waals surface area (Å²) in [7, 11) is 0. The van der Waals surface area contributed by atoms with Gasteiger partial charge in [0.15, 0.2) is 5.78 Å². The molecule has 3 aromatic rings. The van der Waals surface area contributed by atoms with Crippen LogP contribution in [0.15, 0.2) is 78.9 Å². The highest BCUT2D eigenvalue weighted by Crippen LogP contribution is 2.21. The summed E-state index contributed by atoms with van der Waals surface area (Å²) in [5.74, 6) is -2.90. The van der Waals surface area contributed by atoms with E-state index in [-0.39, 0.29) is 11.3 Å². The first kappa shape index (κ1) is 23.3. The lowest BCUT2D eigenvalue weighted by molar-refractivity contribution is -0.153. The number of carbonyl (C=O) groups excluding carboxylic acids is 4. The second kappa shape index (κ2) is 10.8. The molecular weight excluding hydrogens is 427 g/mol. The molecular formula is C25H21FN2O5. The van der Waals surface area contributed by atoms with E-state index in [1.165, 1.54) is 31.2 Å². The summed E-state index contributed by atoms with van der Waals surface area (Å²) < 4.78 is 18.6. The highest BCUT2D eigenvalue weighted by Gasteiger charge is 2.25. The van der Waals surface area contributed by atoms with Gasteiger partial charge >= 0.3 is 5.97 Å². The van der Waals surface area contributed by atoms with Crippen LogP contribution >= 0.6 is 0 Å². The van der Waals surface area contributed by atoms with E-state index in [0.717, 1.165) is 6.07 Å². The largest absolute Gasteiger partial charge is 0.446 e. The Balaban J connectivity index is 1.70. The minimum Gasteiger partial charge on any atom is -0.446 e. The van der Waals surface area contributed by atoms with Gasteiger partial charge in [0.05, 0.1) is 0 Å². The summed E-state index contributed by atoms with van der Waals surface area (Å²) in [4.78, 5) is 49.0. The lowest BCUT2D eigenvalue weighted by Crippen LogP contribution is -2.33. The van der Waals surface area contributed by atoms with Crippen LogP contribution in [0.3, 0.4) is 0 Å². The van der Waals surface area contributed by atoms with Crippen molar-refractivity contribution < 1.29 is 28.3 Å². The molecule has 0 unspecified atom stereocenters. The van der Waals surface area contributed by atoms with Gasteiger partial charge in [-0.1, -0.05) is 48.5 Å². The van der Waals surface area contributed by atoms with Gasteiger partial charge in [-0.2, -0.15) is 0 Å². The van der Waals surface area contributed by atoms with Crippen LogP contribution < -0.4 is 10.6 Å². The number of hydrogen-bond donors (Lipinski definition) is 2. The molecule has 168 valence electrons. The first-order valence-electron chi connectivity index (χ1n) is 10.0. The van der Waals surface area contributed by atoms with E-state index in [9.17, 15) is 23.6 Å². The van der Waals surface area contributed by atoms with Crippen molar-refractivity contribution in [3.63, 3.8) is 0 Å². The van der Waals surface area contributed by atoms with Gasteiger partial charge in [0, 0.05) is 22.4 Å². The van der Waals surface area contributed by atoms with Gasteiger partial charge in [-0.15, -0.1) is 0 Å². The van der Waals surface area contributed by atoms with E-state index in [0.29, 0.717) is 16.8 Å². The van der Waals surface area contributed by atoms with E-state index in [1.807, 2.05) is 0 Å². The fourth-order valence-corrected chi connectivity index (χ4v) is 2.98. The molecule has 0 bridgehead atoms. The maximum absolute atomic E-state index is 13.3. The number of ketones is 1. The van der Waals surface area contributed by atoms with Crippen molar-refractivity contribution in [2.75, 3.05) is 11.9 Å². The summed E-state index contributed by atoms with van der Waals surface area (Å²) in [5, 5.41) is 4.98. The van der Waals surface area contributed by atoms with Crippen LogP contribution in [0.4, 0.5) is 10.1 Å². The number of halogens is 1. The Hall–Kier alpha value is -4.33. The van der Waals surface area contributed by atoms with Crippen molar-refractivity contribution in [2.45, 2.75) is 13.0 Å². The van der Waals surface area contributed by atoms with E-state index >= 15 is 0 Å². The molecule has 3 rings (SSSR count). The predicted octanol–water partition coefficient (Wildman–Crippen LogP) is 3.68. The van der Waals surface area contributed by atoms with Crippen molar-refractivity contribution in [3.05, 3.63) is 101 Å². The topological polar surface area (TPSA) is 102 Å². The summed E-state index contributed by atoms with van der Waals surface area (Å²) in [6.45, 7) is 0.888. The van der Waals surface area contributed by atoms with Gasteiger partial charge in [0.1, 0.15) is 12.4 Å². The zero-order chi connectivity index (χ0) is 23.8. The average molecular weight is 448 g/mol. The highest BCUT2D eigenvalue weighted by atomic mass is 19.1. The van der Waals surface area contributed by atoms with Crippen LogP contribution in [-0.2, 0) is 14.3 Å². The number of carbonyl (C=O) groups is 4. The van der Waals surface area contributed by atoms with E-state index in [4.69, 9.17) is 4.74 Å². The Morgan fingerprint density at radius 2 is 1.58 bits per heavy atom. The Kier molecular flexibility index (Phi) is 7.64. The summed E-state index contributed by atoms with van der Waals surface area (Å²) in [6.07, 6.45) is -1.30. The van der Waals surface area contributed by atoms with Crippen LogP contribution in [-0.4, -0.2) is 30.1 Å². The molecule has 1 atom stereocenters. The normalized spacial score (nSPS) is 11.2. The van der Waals surface area contributed by atoms with E-state index in [1.54, 1.807) is 48.5 Å². The maximum Gasteiger partial charge on any atom is 0.326 e. The van der Waals surface area contributed by atoms with Crippen LogP contribution in [0.25, 0.3) is 0 Å². The molecule has 2 N–H and O–H groups in total. The SMILES string of the molecule is CC(=O)c1cccc(NC(=O)[C@@H](OC(=O)CNC(=O)c2cccc(F)c2)c2ccccc2)c1. The lowest BCUT2D eigenvalue weighted by atomic mass is 10.1. The van der Waals surface area contributed by atoms with Crippen molar-refractivity contribution >= 4 is 29.3 Å². The van der Waals surface area contributed by atoms with Crippen molar-refractivity contribution in [3.8, 4) is 0 Å². The molecule has 3 aromatic carbocycles. The van der Waals surface area contributed by atoms with Gasteiger partial charge in [-0.05, 0) is 37.3 Å². The molecule has 33 heavy (non-hydrogen) atoms. The Morgan fingerprint density at radius 3 is 2.27 bits per heavy atom. The minimum atomic E-state index is -1.30. The van der Waals surface area contributed by atoms with Gasteiger partial charge in [0.25, 0.3) is 11.8 Å². The molecule has 0 aliphatic rings. The number of Topliss-reactive ketones (excluding diaryl/α,β-unsaturated/α-hetero) is 1. The third-order valence-electron chi connectivity index (χ3n) is 4.61. The first-order chi connectivity index (χ1) is 15.8. The lowest BCUT2D eigenvalue weighted by Gasteiger charge is -2.18. The van der Waals surface area contributed by atoms with Crippen LogP contribution in [0, 0.1) is 5.82 Å². The molecule has 0 saturated carbocycles. The Labute approximate surface area is 189 Å². The van der Waals surface area contributed by atoms with Crippen LogP contribution in [0.5, 0.6) is 0 Å². The third kappa shape index (κ3) is 6.57. The number of amides is 2. The quantitative estimate of drug-likeness (QED) is 0.404. The second-order valence-corrected chi connectivity index (χ2v) is 7.10. The maximum atomic E-state index is 13.3. The number of hydrogen-bond acceptors (Lipinski definition) is 5. The monoisotopic (exact) mass is 448 g/mol. The van der Waals surface area contributed by atoms with Crippen LogP contribution in [0.2, 0.25) is 0 Å². The number of anilines is 1. The Morgan fingerprint density at radius 1 is 0.879 bits per heavy atom. The number of rotatable bonds is 8. The molecule has 0 aliphatic carbocycles. The summed E-state index contributed by atoms with van der Waals surface area (Å²) >= 11 is 0. The fraction of sp³-hybridized carbons (Fsp3) is 0.120. The summed E-state index contributed by atoms with van der Waals surface area (Å²) in [6, 6.07) is 19.7. The van der Waals surface area contributed by atoms with E-state index in [2.05, 4.69) is 10.6 Å². The molecule has 0 aliphatic heterocycles. The average Bonchev–Trinajstić information content (AvgIpc) is 2.81. The standard InChI is InChI=1S/C25H21FN2O5/c1-16(29)18-9-6-12-21(14-18)28-25(32)23(17-7-3-2-4-8-17)33-22(30)15-27-24(31)19-10-5-11-20(26)13-19/h2-14,23H,15H2,1H3,(H,27,31)(H,28,32)/t23-/m0/s1. The highest BCUT2D eigenvalue weighted by molar-refractivity contribution is 5.99. The molecule has 2 amide bonds. The van der Waals surface area contributed by atoms with Crippen molar-refractivity contribution in [1.29, 1.82) is 0 Å². The fourth-order valence-electron chi connectivity index (χ4n) is 2.98. The molecule has 0 fully saturated rings. The van der Waals surface area contributed by atoms with Gasteiger partial charge < -0.3 is 15.4 Å². The molecule has 0 spiro atoms. The summed E-state index contributed by atoms with van der Waals surface area (Å²) in [5.41, 5.74) is 1.25. The number of nitrogens with one attached hydrogen (secondary N) is 2. The molecule has 0 heterocycles. The third-order valence-corrected chi connectivity index (χ3v) is 4.61. The predicted molar refractivity (Wildman–Crippen MR) is 119 cm³/mol. The molecule has 8 heteroatoms. The Bertz CT molecular complexity index is 1180. The van der Waals surface area contributed by atoms with Crippen molar-refractivity contribution in [2.24, 2.45) is 0 Å². The van der Waals surface area contributed by atoms with Crippen LogP contribution in [0.1, 0.15) is 39.3 Å². The smallest absolute Gasteiger partial charge is 0.326 e. The molecule has 7 nitrogen and oxygen atoms in total. The minimum absolute atomic E-state index is 0.0468. The molecule has 0 radical (unpaired) electrons. The molecule has 0 aromatic heterocycles. The zero-order valence-electron chi connectivity index (χ0n) is 17.7. The van der Waals surface area contributed by atoms with E-state index < -0.39 is 36.2 Å². The molecule has 0 saturated heterocycles. The second-order valence-electron chi connectivity index (χ2n) is 7.10. The van der Waals surface area contributed by atoms with Gasteiger partial charge in [-0.25, -0.2) is 4.39 Å².